The first-order valence-corrected chi connectivity index (χ1v) is 19.4. The van der Waals surface area contributed by atoms with Gasteiger partial charge in [0.2, 0.25) is 5.91 Å². The standard InChI is InChI=1S/C40H74N2O3/c1-5-7-9-11-13-15-17-18-19-20-21-23-25-27-29-32-38-37(40(44)45-35-31-33-41(3)4)36-39(43)42(38)34-30-28-26-24-22-16-14-12-10-8-6-2/h13,15,18-19,37-38H,5-12,14,16-17,20-36H2,1-4H3/b15-13-,19-18-/t37-,38+/m0/s1. The molecule has 0 aromatic rings. The van der Waals surface area contributed by atoms with Crippen molar-refractivity contribution >= 4 is 11.9 Å². The van der Waals surface area contributed by atoms with Gasteiger partial charge in [-0.3, -0.25) is 9.59 Å². The fraction of sp³-hybridized carbons (Fsp3) is 0.850. The lowest BCUT2D eigenvalue weighted by molar-refractivity contribution is -0.149. The number of allylic oxidation sites excluding steroid dienone is 4. The lowest BCUT2D eigenvalue weighted by Crippen LogP contribution is -2.38. The number of likely N-dealkylation sites (tertiary alicyclic amines) is 1. The first kappa shape index (κ1) is 41.4. The highest BCUT2D eigenvalue weighted by molar-refractivity contribution is 5.87. The molecule has 0 spiro atoms. The summed E-state index contributed by atoms with van der Waals surface area (Å²) in [5, 5.41) is 0. The maximum Gasteiger partial charge on any atom is 0.311 e. The Labute approximate surface area is 280 Å². The molecule has 1 fully saturated rings. The third kappa shape index (κ3) is 22.5. The Hall–Kier alpha value is -1.62. The van der Waals surface area contributed by atoms with E-state index < -0.39 is 0 Å². The zero-order chi connectivity index (χ0) is 32.8. The van der Waals surface area contributed by atoms with Gasteiger partial charge in [0, 0.05) is 25.6 Å². The van der Waals surface area contributed by atoms with Gasteiger partial charge in [-0.15, -0.1) is 0 Å². The molecule has 0 aromatic carbocycles. The molecular weight excluding hydrogens is 556 g/mol. The van der Waals surface area contributed by atoms with Gasteiger partial charge in [0.15, 0.2) is 0 Å². The van der Waals surface area contributed by atoms with Gasteiger partial charge in [0.25, 0.3) is 0 Å². The van der Waals surface area contributed by atoms with Gasteiger partial charge in [0.05, 0.1) is 12.5 Å². The van der Waals surface area contributed by atoms with Crippen LogP contribution in [0.2, 0.25) is 0 Å². The number of amides is 1. The van der Waals surface area contributed by atoms with Crippen LogP contribution in [0.4, 0.5) is 0 Å². The number of carbonyl (C=O) groups excluding carboxylic acids is 2. The first-order chi connectivity index (χ1) is 22.0. The Morgan fingerprint density at radius 2 is 1.22 bits per heavy atom. The van der Waals surface area contributed by atoms with Crippen LogP contribution in [0.3, 0.4) is 0 Å². The van der Waals surface area contributed by atoms with Gasteiger partial charge in [-0.05, 0) is 65.5 Å². The van der Waals surface area contributed by atoms with E-state index in [0.29, 0.717) is 13.0 Å². The Balaban J connectivity index is 2.38. The van der Waals surface area contributed by atoms with E-state index in [1.807, 2.05) is 14.1 Å². The van der Waals surface area contributed by atoms with Crippen molar-refractivity contribution in [3.05, 3.63) is 24.3 Å². The van der Waals surface area contributed by atoms with Crippen LogP contribution >= 0.6 is 0 Å². The number of carbonyl (C=O) groups is 2. The molecule has 1 heterocycles. The molecular formula is C40H74N2O3. The third-order valence-corrected chi connectivity index (χ3v) is 9.33. The minimum atomic E-state index is -0.296. The SMILES string of the molecule is CCCCC/C=C\C/C=C\CCCCCCC[C@@H]1[C@@H](C(=O)OCCCN(C)C)CC(=O)N1CCCCCCCCCCCCC. The molecule has 1 aliphatic heterocycles. The Kier molecular flexibility index (Phi) is 27.4. The van der Waals surface area contributed by atoms with Gasteiger partial charge >= 0.3 is 5.97 Å². The second-order valence-electron chi connectivity index (χ2n) is 13.8. The van der Waals surface area contributed by atoms with Crippen LogP contribution in [0.25, 0.3) is 0 Å². The molecule has 2 atom stereocenters. The van der Waals surface area contributed by atoms with Crippen LogP contribution in [0.5, 0.6) is 0 Å². The summed E-state index contributed by atoms with van der Waals surface area (Å²) in [4.78, 5) is 30.3. The summed E-state index contributed by atoms with van der Waals surface area (Å²) in [5.41, 5.74) is 0. The number of nitrogens with zero attached hydrogens (tertiary/aromatic N) is 2. The molecule has 1 rings (SSSR count). The van der Waals surface area contributed by atoms with Crippen molar-refractivity contribution < 1.29 is 14.3 Å². The maximum atomic E-state index is 13.1. The average Bonchev–Trinajstić information content (AvgIpc) is 3.34. The van der Waals surface area contributed by atoms with E-state index in [4.69, 9.17) is 4.74 Å². The third-order valence-electron chi connectivity index (χ3n) is 9.33. The Morgan fingerprint density at radius 3 is 1.82 bits per heavy atom. The van der Waals surface area contributed by atoms with Crippen LogP contribution in [0.1, 0.15) is 174 Å². The number of rotatable bonds is 31. The largest absolute Gasteiger partial charge is 0.465 e. The van der Waals surface area contributed by atoms with Gasteiger partial charge in [-0.2, -0.15) is 0 Å². The smallest absolute Gasteiger partial charge is 0.311 e. The molecule has 0 saturated carbocycles. The van der Waals surface area contributed by atoms with Crippen molar-refractivity contribution in [2.24, 2.45) is 5.92 Å². The molecule has 0 unspecified atom stereocenters. The molecule has 0 N–H and O–H groups in total. The van der Waals surface area contributed by atoms with Crippen molar-refractivity contribution in [3.8, 4) is 0 Å². The van der Waals surface area contributed by atoms with Crippen LogP contribution in [0.15, 0.2) is 24.3 Å². The molecule has 1 amide bonds. The molecule has 45 heavy (non-hydrogen) atoms. The second kappa shape index (κ2) is 29.8. The Bertz CT molecular complexity index is 763. The molecule has 0 bridgehead atoms. The number of hydrogen-bond acceptors (Lipinski definition) is 4. The molecule has 0 radical (unpaired) electrons. The topological polar surface area (TPSA) is 49.9 Å². The van der Waals surface area contributed by atoms with E-state index in [2.05, 4.69) is 48.0 Å². The lowest BCUT2D eigenvalue weighted by Gasteiger charge is -2.28. The lowest BCUT2D eigenvalue weighted by atomic mass is 9.94. The fourth-order valence-electron chi connectivity index (χ4n) is 6.50. The molecule has 0 aliphatic carbocycles. The van der Waals surface area contributed by atoms with Crippen molar-refractivity contribution in [2.45, 2.75) is 180 Å². The summed E-state index contributed by atoms with van der Waals surface area (Å²) < 4.78 is 5.69. The number of hydrogen-bond donors (Lipinski definition) is 0. The zero-order valence-corrected chi connectivity index (χ0v) is 30.4. The average molecular weight is 631 g/mol. The van der Waals surface area contributed by atoms with E-state index in [-0.39, 0.29) is 23.8 Å². The van der Waals surface area contributed by atoms with Crippen molar-refractivity contribution in [1.82, 2.24) is 9.80 Å². The predicted molar refractivity (Wildman–Crippen MR) is 194 cm³/mol. The summed E-state index contributed by atoms with van der Waals surface area (Å²) in [5.74, 6) is -0.295. The number of unbranched alkanes of at least 4 members (excludes halogenated alkanes) is 18. The molecule has 262 valence electrons. The quantitative estimate of drug-likeness (QED) is 0.0434. The highest BCUT2D eigenvalue weighted by Gasteiger charge is 2.43. The predicted octanol–water partition coefficient (Wildman–Crippen LogP) is 10.8. The van der Waals surface area contributed by atoms with E-state index >= 15 is 0 Å². The van der Waals surface area contributed by atoms with Gasteiger partial charge in [-0.1, -0.05) is 141 Å². The van der Waals surface area contributed by atoms with Crippen LogP contribution in [-0.4, -0.2) is 61.5 Å². The second-order valence-corrected chi connectivity index (χ2v) is 13.8. The van der Waals surface area contributed by atoms with Crippen molar-refractivity contribution in [1.29, 1.82) is 0 Å². The molecule has 1 aliphatic rings. The minimum absolute atomic E-state index is 0.0138. The van der Waals surface area contributed by atoms with Gasteiger partial charge in [-0.25, -0.2) is 0 Å². The van der Waals surface area contributed by atoms with Crippen molar-refractivity contribution in [3.63, 3.8) is 0 Å². The van der Waals surface area contributed by atoms with Crippen LogP contribution in [0, 0.1) is 5.92 Å². The highest BCUT2D eigenvalue weighted by atomic mass is 16.5. The maximum absolute atomic E-state index is 13.1. The van der Waals surface area contributed by atoms with E-state index in [1.165, 1.54) is 116 Å². The van der Waals surface area contributed by atoms with Crippen LogP contribution in [-0.2, 0) is 14.3 Å². The number of esters is 1. The van der Waals surface area contributed by atoms with Crippen LogP contribution < -0.4 is 0 Å². The van der Waals surface area contributed by atoms with Crippen molar-refractivity contribution in [2.75, 3.05) is 33.8 Å². The zero-order valence-electron chi connectivity index (χ0n) is 30.4. The monoisotopic (exact) mass is 631 g/mol. The van der Waals surface area contributed by atoms with E-state index in [0.717, 1.165) is 51.6 Å². The normalized spacial score (nSPS) is 17.1. The summed E-state index contributed by atoms with van der Waals surface area (Å²) in [7, 11) is 4.07. The summed E-state index contributed by atoms with van der Waals surface area (Å²) >= 11 is 0. The fourth-order valence-corrected chi connectivity index (χ4v) is 6.50. The van der Waals surface area contributed by atoms with E-state index in [1.54, 1.807) is 0 Å². The first-order valence-electron chi connectivity index (χ1n) is 19.4. The highest BCUT2D eigenvalue weighted by Crippen LogP contribution is 2.31. The van der Waals surface area contributed by atoms with Gasteiger partial charge < -0.3 is 14.5 Å². The number of ether oxygens (including phenoxy) is 1. The molecule has 5 heteroatoms. The van der Waals surface area contributed by atoms with E-state index in [9.17, 15) is 9.59 Å². The summed E-state index contributed by atoms with van der Waals surface area (Å²) in [6, 6.07) is 0.0138. The van der Waals surface area contributed by atoms with Gasteiger partial charge in [0.1, 0.15) is 0 Å². The Morgan fingerprint density at radius 1 is 0.711 bits per heavy atom. The minimum Gasteiger partial charge on any atom is -0.465 e. The molecule has 5 nitrogen and oxygen atoms in total. The summed E-state index contributed by atoms with van der Waals surface area (Å²) in [6.45, 7) is 6.66. The summed E-state index contributed by atoms with van der Waals surface area (Å²) in [6.07, 6.45) is 39.0. The molecule has 1 saturated heterocycles. The molecule has 0 aromatic heterocycles.